The molecule has 2 aromatic carbocycles. The van der Waals surface area contributed by atoms with E-state index in [2.05, 4.69) is 15.3 Å². The van der Waals surface area contributed by atoms with Crippen LogP contribution in [0.2, 0.25) is 0 Å². The summed E-state index contributed by atoms with van der Waals surface area (Å²) in [5, 5.41) is 5.61. The second-order valence-corrected chi connectivity index (χ2v) is 6.27. The Balaban J connectivity index is 1.55. The number of rotatable bonds is 5. The van der Waals surface area contributed by atoms with E-state index < -0.39 is 0 Å². The van der Waals surface area contributed by atoms with Crippen molar-refractivity contribution in [1.29, 1.82) is 0 Å². The minimum absolute atomic E-state index is 0.0605. The summed E-state index contributed by atoms with van der Waals surface area (Å²) in [6, 6.07) is 15.4. The van der Waals surface area contributed by atoms with Crippen LogP contribution in [0.5, 0.6) is 0 Å². The summed E-state index contributed by atoms with van der Waals surface area (Å²) in [7, 11) is 0. The molecular formula is C17H17N5OS. The SMILES string of the molecule is Nc1cc(N)nc(SCCC(=O)Nc2ccc3ccccc3c2)n1. The van der Waals surface area contributed by atoms with Gasteiger partial charge in [-0.1, -0.05) is 42.1 Å². The molecule has 0 unspecified atom stereocenters. The lowest BCUT2D eigenvalue weighted by molar-refractivity contribution is -0.115. The van der Waals surface area contributed by atoms with E-state index in [1.165, 1.54) is 17.8 Å². The number of benzene rings is 2. The van der Waals surface area contributed by atoms with Crippen molar-refractivity contribution < 1.29 is 4.79 Å². The van der Waals surface area contributed by atoms with Crippen molar-refractivity contribution in [3.05, 3.63) is 48.5 Å². The molecule has 0 aliphatic rings. The van der Waals surface area contributed by atoms with E-state index >= 15 is 0 Å². The zero-order chi connectivity index (χ0) is 16.9. The predicted octanol–water partition coefficient (Wildman–Crippen LogP) is 2.92. The Kier molecular flexibility index (Phi) is 4.81. The van der Waals surface area contributed by atoms with E-state index in [9.17, 15) is 4.79 Å². The summed E-state index contributed by atoms with van der Waals surface area (Å²) in [4.78, 5) is 20.2. The maximum Gasteiger partial charge on any atom is 0.225 e. The molecule has 24 heavy (non-hydrogen) atoms. The Labute approximate surface area is 143 Å². The minimum Gasteiger partial charge on any atom is -0.383 e. The average Bonchev–Trinajstić information content (AvgIpc) is 2.54. The Morgan fingerprint density at radius 1 is 1.00 bits per heavy atom. The van der Waals surface area contributed by atoms with Gasteiger partial charge in [0.1, 0.15) is 11.6 Å². The third kappa shape index (κ3) is 4.14. The van der Waals surface area contributed by atoms with Crippen molar-refractivity contribution in [1.82, 2.24) is 9.97 Å². The van der Waals surface area contributed by atoms with Gasteiger partial charge in [0.2, 0.25) is 5.91 Å². The fourth-order valence-electron chi connectivity index (χ4n) is 2.25. The smallest absolute Gasteiger partial charge is 0.225 e. The lowest BCUT2D eigenvalue weighted by Crippen LogP contribution is -2.12. The lowest BCUT2D eigenvalue weighted by Gasteiger charge is -2.07. The highest BCUT2D eigenvalue weighted by Crippen LogP contribution is 2.20. The van der Waals surface area contributed by atoms with Crippen molar-refractivity contribution in [3.8, 4) is 0 Å². The zero-order valence-corrected chi connectivity index (χ0v) is 13.7. The van der Waals surface area contributed by atoms with Gasteiger partial charge in [0.15, 0.2) is 5.16 Å². The van der Waals surface area contributed by atoms with Crippen LogP contribution in [0.4, 0.5) is 17.3 Å². The van der Waals surface area contributed by atoms with Gasteiger partial charge in [0.25, 0.3) is 0 Å². The van der Waals surface area contributed by atoms with Crippen molar-refractivity contribution in [2.75, 3.05) is 22.5 Å². The summed E-state index contributed by atoms with van der Waals surface area (Å²) >= 11 is 1.35. The first-order valence-electron chi connectivity index (χ1n) is 7.41. The summed E-state index contributed by atoms with van der Waals surface area (Å²) in [6.07, 6.45) is 0.343. The minimum atomic E-state index is -0.0605. The molecule has 122 valence electrons. The van der Waals surface area contributed by atoms with Crippen LogP contribution in [0.3, 0.4) is 0 Å². The largest absolute Gasteiger partial charge is 0.383 e. The first kappa shape index (κ1) is 16.1. The molecule has 0 aliphatic heterocycles. The quantitative estimate of drug-likeness (QED) is 0.487. The molecule has 3 rings (SSSR count). The summed E-state index contributed by atoms with van der Waals surface area (Å²) in [6.45, 7) is 0. The highest BCUT2D eigenvalue weighted by atomic mass is 32.2. The highest BCUT2D eigenvalue weighted by molar-refractivity contribution is 7.99. The molecule has 1 heterocycles. The van der Waals surface area contributed by atoms with Crippen molar-refractivity contribution in [3.63, 3.8) is 0 Å². The molecule has 3 aromatic rings. The van der Waals surface area contributed by atoms with E-state index in [0.29, 0.717) is 29.0 Å². The first-order chi connectivity index (χ1) is 11.6. The summed E-state index contributed by atoms with van der Waals surface area (Å²) < 4.78 is 0. The van der Waals surface area contributed by atoms with Crippen LogP contribution < -0.4 is 16.8 Å². The van der Waals surface area contributed by atoms with Gasteiger partial charge in [-0.3, -0.25) is 4.79 Å². The van der Waals surface area contributed by atoms with E-state index in [0.717, 1.165) is 16.5 Å². The van der Waals surface area contributed by atoms with Gasteiger partial charge >= 0.3 is 0 Å². The van der Waals surface area contributed by atoms with Gasteiger partial charge in [-0.2, -0.15) is 0 Å². The molecule has 0 bridgehead atoms. The molecule has 0 saturated heterocycles. The van der Waals surface area contributed by atoms with Crippen LogP contribution in [-0.2, 0) is 4.79 Å². The van der Waals surface area contributed by atoms with Crippen LogP contribution in [0.25, 0.3) is 10.8 Å². The van der Waals surface area contributed by atoms with Crippen LogP contribution in [-0.4, -0.2) is 21.6 Å². The first-order valence-corrected chi connectivity index (χ1v) is 8.40. The summed E-state index contributed by atoms with van der Waals surface area (Å²) in [5.74, 6) is 1.13. The fourth-order valence-corrected chi connectivity index (χ4v) is 3.06. The maximum absolute atomic E-state index is 12.1. The lowest BCUT2D eigenvalue weighted by atomic mass is 10.1. The predicted molar refractivity (Wildman–Crippen MR) is 98.8 cm³/mol. The number of amides is 1. The molecule has 0 spiro atoms. The molecule has 5 N–H and O–H groups in total. The van der Waals surface area contributed by atoms with Gasteiger partial charge in [-0.05, 0) is 22.9 Å². The average molecular weight is 339 g/mol. The molecule has 0 radical (unpaired) electrons. The number of nitrogens with zero attached hydrogens (tertiary/aromatic N) is 2. The van der Waals surface area contributed by atoms with Crippen LogP contribution in [0.15, 0.2) is 53.7 Å². The molecule has 0 aliphatic carbocycles. The molecule has 0 atom stereocenters. The number of hydrogen-bond acceptors (Lipinski definition) is 6. The van der Waals surface area contributed by atoms with Gasteiger partial charge in [-0.25, -0.2) is 9.97 Å². The van der Waals surface area contributed by atoms with E-state index in [1.807, 2.05) is 42.5 Å². The van der Waals surface area contributed by atoms with Gasteiger partial charge in [-0.15, -0.1) is 0 Å². The second-order valence-electron chi connectivity index (χ2n) is 5.21. The van der Waals surface area contributed by atoms with Gasteiger partial charge < -0.3 is 16.8 Å². The number of fused-ring (bicyclic) bond motifs is 1. The molecule has 7 heteroatoms. The molecule has 1 aromatic heterocycles. The molecule has 1 amide bonds. The van der Waals surface area contributed by atoms with Crippen LogP contribution in [0.1, 0.15) is 6.42 Å². The monoisotopic (exact) mass is 339 g/mol. The number of anilines is 3. The number of nitrogens with one attached hydrogen (secondary N) is 1. The topological polar surface area (TPSA) is 107 Å². The van der Waals surface area contributed by atoms with Crippen LogP contribution >= 0.6 is 11.8 Å². The number of carbonyl (C=O) groups is 1. The third-order valence-corrected chi connectivity index (χ3v) is 4.19. The molecule has 0 saturated carbocycles. The van der Waals surface area contributed by atoms with Crippen LogP contribution in [0, 0.1) is 0 Å². The Morgan fingerprint density at radius 3 is 2.46 bits per heavy atom. The normalized spacial score (nSPS) is 10.7. The summed E-state index contributed by atoms with van der Waals surface area (Å²) in [5.41, 5.74) is 12.0. The van der Waals surface area contributed by atoms with E-state index in [4.69, 9.17) is 11.5 Å². The third-order valence-electron chi connectivity index (χ3n) is 3.34. The fraction of sp³-hybridized carbons (Fsp3) is 0.118. The molecule has 6 nitrogen and oxygen atoms in total. The second kappa shape index (κ2) is 7.18. The zero-order valence-electron chi connectivity index (χ0n) is 12.9. The number of thioether (sulfide) groups is 1. The Bertz CT molecular complexity index is 863. The number of hydrogen-bond donors (Lipinski definition) is 3. The Morgan fingerprint density at radius 2 is 1.71 bits per heavy atom. The van der Waals surface area contributed by atoms with Crippen molar-refractivity contribution >= 4 is 45.8 Å². The Hall–Kier alpha value is -2.80. The standard InChI is InChI=1S/C17H17N5OS/c18-14-10-15(19)22-17(21-14)24-8-7-16(23)20-13-6-5-11-3-1-2-4-12(11)9-13/h1-6,9-10H,7-8H2,(H,20,23)(H4,18,19,21,22). The number of nitrogens with two attached hydrogens (primary N) is 2. The number of aromatic nitrogens is 2. The molecule has 0 fully saturated rings. The number of nitrogen functional groups attached to an aromatic ring is 2. The molecular weight excluding hydrogens is 322 g/mol. The van der Waals surface area contributed by atoms with E-state index in [-0.39, 0.29) is 5.91 Å². The van der Waals surface area contributed by atoms with Gasteiger partial charge in [0.05, 0.1) is 0 Å². The van der Waals surface area contributed by atoms with E-state index in [1.54, 1.807) is 0 Å². The van der Waals surface area contributed by atoms with Crippen molar-refractivity contribution in [2.45, 2.75) is 11.6 Å². The van der Waals surface area contributed by atoms with Gasteiger partial charge in [0, 0.05) is 23.9 Å². The maximum atomic E-state index is 12.1. The van der Waals surface area contributed by atoms with Crippen molar-refractivity contribution in [2.24, 2.45) is 0 Å². The highest BCUT2D eigenvalue weighted by Gasteiger charge is 2.06. The number of carbonyl (C=O) groups excluding carboxylic acids is 1.